The highest BCUT2D eigenvalue weighted by atomic mass is 16.4. The van der Waals surface area contributed by atoms with Crippen LogP contribution in [0.2, 0.25) is 0 Å². The van der Waals surface area contributed by atoms with Gasteiger partial charge in [0.05, 0.1) is 0 Å². The van der Waals surface area contributed by atoms with E-state index < -0.39 is 0 Å². The van der Waals surface area contributed by atoms with Gasteiger partial charge in [-0.3, -0.25) is 0 Å². The number of aromatic nitrogens is 2. The van der Waals surface area contributed by atoms with Crippen molar-refractivity contribution in [1.82, 2.24) is 9.97 Å². The van der Waals surface area contributed by atoms with Crippen LogP contribution in [0.4, 0.5) is 17.1 Å². The summed E-state index contributed by atoms with van der Waals surface area (Å²) >= 11 is 0. The first-order valence-corrected chi connectivity index (χ1v) is 17.6. The maximum Gasteiger partial charge on any atom is 0.227 e. The molecule has 7 aromatic carbocycles. The molecule has 5 nitrogen and oxygen atoms in total. The van der Waals surface area contributed by atoms with Gasteiger partial charge in [-0.05, 0) is 107 Å². The van der Waals surface area contributed by atoms with E-state index >= 15 is 0 Å². The molecular weight excluding hydrogens is 651 g/mol. The van der Waals surface area contributed by atoms with Crippen molar-refractivity contribution in [2.75, 3.05) is 4.90 Å². The molecule has 0 unspecified atom stereocenters. The molecule has 5 heteroatoms. The molecule has 0 spiro atoms. The molecule has 0 saturated heterocycles. The first kappa shape index (κ1) is 31.7. The summed E-state index contributed by atoms with van der Waals surface area (Å²) in [7, 11) is 0. The summed E-state index contributed by atoms with van der Waals surface area (Å²) in [4.78, 5) is 11.5. The lowest BCUT2D eigenvalue weighted by Crippen LogP contribution is -2.09. The van der Waals surface area contributed by atoms with Crippen molar-refractivity contribution in [1.29, 1.82) is 0 Å². The number of hydrogen-bond donors (Lipinski definition) is 0. The van der Waals surface area contributed by atoms with Gasteiger partial charge in [0.15, 0.2) is 11.2 Å². The SMILES string of the molecule is C(=C\c1ccc(N(c2ccccc2)c2ccc(/C=C/c3ccc(-c4nc5ccccc5o4)cc3)cc2)cc1)/c1ccc(-c2nc3ccccc3o2)cc1. The minimum atomic E-state index is 0.631. The van der Waals surface area contributed by atoms with Crippen molar-refractivity contribution in [3.05, 3.63) is 198 Å². The third kappa shape index (κ3) is 6.92. The molecule has 0 N–H and O–H groups in total. The van der Waals surface area contributed by atoms with Crippen LogP contribution < -0.4 is 4.90 Å². The van der Waals surface area contributed by atoms with Gasteiger partial charge >= 0.3 is 0 Å². The number of rotatable bonds is 9. The average molecular weight is 684 g/mol. The van der Waals surface area contributed by atoms with Crippen molar-refractivity contribution < 1.29 is 8.83 Å². The summed E-state index contributed by atoms with van der Waals surface area (Å²) in [5.74, 6) is 1.26. The van der Waals surface area contributed by atoms with E-state index in [1.54, 1.807) is 0 Å². The molecule has 0 radical (unpaired) electrons. The molecule has 0 amide bonds. The lowest BCUT2D eigenvalue weighted by molar-refractivity contribution is 0.619. The minimum Gasteiger partial charge on any atom is -0.436 e. The van der Waals surface area contributed by atoms with Gasteiger partial charge in [-0.2, -0.15) is 0 Å². The Kier molecular flexibility index (Phi) is 8.48. The van der Waals surface area contributed by atoms with Crippen molar-refractivity contribution in [2.24, 2.45) is 0 Å². The van der Waals surface area contributed by atoms with E-state index in [0.29, 0.717) is 11.8 Å². The fourth-order valence-corrected chi connectivity index (χ4v) is 6.34. The number of nitrogens with zero attached hydrogens (tertiary/aromatic N) is 3. The first-order valence-electron chi connectivity index (χ1n) is 17.6. The highest BCUT2D eigenvalue weighted by Crippen LogP contribution is 2.35. The lowest BCUT2D eigenvalue weighted by atomic mass is 10.1. The van der Waals surface area contributed by atoms with Crippen LogP contribution >= 0.6 is 0 Å². The largest absolute Gasteiger partial charge is 0.436 e. The smallest absolute Gasteiger partial charge is 0.227 e. The van der Waals surface area contributed by atoms with E-state index in [0.717, 1.165) is 72.6 Å². The standard InChI is InChI=1S/C48H33N3O2/c1-2-8-40(9-3-1)51(41-30-22-36(23-31-41)16-14-34-18-26-38(27-19-34)47-49-43-10-4-6-12-45(43)52-47)42-32-24-37(25-33-42)17-15-35-20-28-39(29-21-35)48-50-44-11-5-7-13-46(44)53-48/h1-33H/b16-14+,17-15+. The number of oxazole rings is 2. The molecule has 9 aromatic rings. The monoisotopic (exact) mass is 683 g/mol. The van der Waals surface area contributed by atoms with Gasteiger partial charge in [0.25, 0.3) is 0 Å². The maximum atomic E-state index is 5.93. The predicted octanol–water partition coefficient (Wildman–Crippen LogP) is 13.1. The Morgan fingerprint density at radius 3 is 1.08 bits per heavy atom. The second-order valence-electron chi connectivity index (χ2n) is 12.7. The van der Waals surface area contributed by atoms with Crippen molar-refractivity contribution in [2.45, 2.75) is 0 Å². The normalized spacial score (nSPS) is 11.6. The van der Waals surface area contributed by atoms with E-state index in [9.17, 15) is 0 Å². The molecule has 0 aliphatic heterocycles. The predicted molar refractivity (Wildman–Crippen MR) is 218 cm³/mol. The number of fused-ring (bicyclic) bond motifs is 2. The Labute approximate surface area is 307 Å². The van der Waals surface area contributed by atoms with Gasteiger partial charge < -0.3 is 13.7 Å². The fraction of sp³-hybridized carbons (Fsp3) is 0. The topological polar surface area (TPSA) is 55.3 Å². The van der Waals surface area contributed by atoms with Crippen molar-refractivity contribution in [3.8, 4) is 22.9 Å². The van der Waals surface area contributed by atoms with Gasteiger partial charge in [0, 0.05) is 28.2 Å². The van der Waals surface area contributed by atoms with Crippen LogP contribution in [0.1, 0.15) is 22.3 Å². The van der Waals surface area contributed by atoms with Gasteiger partial charge in [-0.25, -0.2) is 9.97 Å². The van der Waals surface area contributed by atoms with Crippen molar-refractivity contribution in [3.63, 3.8) is 0 Å². The van der Waals surface area contributed by atoms with Crippen LogP contribution in [0.25, 0.3) is 69.4 Å². The van der Waals surface area contributed by atoms with Crippen LogP contribution in [0, 0.1) is 0 Å². The Morgan fingerprint density at radius 2 is 0.679 bits per heavy atom. The van der Waals surface area contributed by atoms with Gasteiger partial charge in [-0.1, -0.05) is 115 Å². The van der Waals surface area contributed by atoms with E-state index in [4.69, 9.17) is 8.83 Å². The number of benzene rings is 7. The van der Waals surface area contributed by atoms with E-state index in [1.165, 1.54) is 0 Å². The number of anilines is 3. The molecule has 9 rings (SSSR count). The highest BCUT2D eigenvalue weighted by Gasteiger charge is 2.12. The molecule has 53 heavy (non-hydrogen) atoms. The molecule has 252 valence electrons. The zero-order valence-corrected chi connectivity index (χ0v) is 28.7. The summed E-state index contributed by atoms with van der Waals surface area (Å²) in [5, 5.41) is 0. The highest BCUT2D eigenvalue weighted by molar-refractivity contribution is 5.81. The summed E-state index contributed by atoms with van der Waals surface area (Å²) < 4.78 is 11.9. The third-order valence-corrected chi connectivity index (χ3v) is 9.16. The Hall–Kier alpha value is -7.24. The number of hydrogen-bond acceptors (Lipinski definition) is 5. The maximum absolute atomic E-state index is 5.93. The van der Waals surface area contributed by atoms with E-state index in [2.05, 4.69) is 136 Å². The molecule has 2 heterocycles. The quantitative estimate of drug-likeness (QED) is 0.142. The molecular formula is C48H33N3O2. The zero-order chi connectivity index (χ0) is 35.4. The summed E-state index contributed by atoms with van der Waals surface area (Å²) in [5.41, 5.74) is 12.9. The molecule has 0 saturated carbocycles. The second-order valence-corrected chi connectivity index (χ2v) is 12.7. The molecule has 0 fully saturated rings. The molecule has 2 aromatic heterocycles. The van der Waals surface area contributed by atoms with E-state index in [-0.39, 0.29) is 0 Å². The lowest BCUT2D eigenvalue weighted by Gasteiger charge is -2.25. The van der Waals surface area contributed by atoms with Crippen LogP contribution in [0.15, 0.2) is 185 Å². The van der Waals surface area contributed by atoms with Crippen LogP contribution in [-0.2, 0) is 0 Å². The number of para-hydroxylation sites is 5. The third-order valence-electron chi connectivity index (χ3n) is 9.16. The fourth-order valence-electron chi connectivity index (χ4n) is 6.34. The Bertz CT molecular complexity index is 2450. The van der Waals surface area contributed by atoms with Gasteiger partial charge in [0.1, 0.15) is 11.0 Å². The second kappa shape index (κ2) is 14.2. The average Bonchev–Trinajstić information content (AvgIpc) is 3.86. The Balaban J connectivity index is 0.891. The first-order chi connectivity index (χ1) is 26.2. The van der Waals surface area contributed by atoms with Crippen LogP contribution in [0.5, 0.6) is 0 Å². The summed E-state index contributed by atoms with van der Waals surface area (Å²) in [6, 6.07) is 59.9. The zero-order valence-electron chi connectivity index (χ0n) is 28.7. The summed E-state index contributed by atoms with van der Waals surface area (Å²) in [6.45, 7) is 0. The van der Waals surface area contributed by atoms with E-state index in [1.807, 2.05) is 78.9 Å². The molecule has 0 atom stereocenters. The summed E-state index contributed by atoms with van der Waals surface area (Å²) in [6.07, 6.45) is 8.52. The molecule has 0 bridgehead atoms. The van der Waals surface area contributed by atoms with Gasteiger partial charge in [0.2, 0.25) is 11.8 Å². The Morgan fingerprint density at radius 1 is 0.340 bits per heavy atom. The molecule has 0 aliphatic carbocycles. The van der Waals surface area contributed by atoms with Gasteiger partial charge in [-0.15, -0.1) is 0 Å². The minimum absolute atomic E-state index is 0.631. The van der Waals surface area contributed by atoms with Crippen molar-refractivity contribution >= 4 is 63.6 Å². The molecule has 0 aliphatic rings. The van der Waals surface area contributed by atoms with Crippen LogP contribution in [0.3, 0.4) is 0 Å². The van der Waals surface area contributed by atoms with Crippen LogP contribution in [-0.4, -0.2) is 9.97 Å².